The smallest absolute Gasteiger partial charge is 0.259 e. The lowest BCUT2D eigenvalue weighted by atomic mass is 10.1. The van der Waals surface area contributed by atoms with Crippen molar-refractivity contribution < 1.29 is 9.53 Å². The van der Waals surface area contributed by atoms with Gasteiger partial charge in [-0.3, -0.25) is 4.79 Å². The van der Waals surface area contributed by atoms with Crippen LogP contribution in [0.25, 0.3) is 11.4 Å². The van der Waals surface area contributed by atoms with Crippen LogP contribution in [0.3, 0.4) is 0 Å². The zero-order chi connectivity index (χ0) is 17.8. The molecule has 6 heteroatoms. The first-order valence-corrected chi connectivity index (χ1v) is 9.37. The van der Waals surface area contributed by atoms with Crippen molar-refractivity contribution in [2.45, 2.75) is 19.3 Å². The van der Waals surface area contributed by atoms with Gasteiger partial charge in [-0.25, -0.2) is 9.97 Å². The van der Waals surface area contributed by atoms with Crippen molar-refractivity contribution in [2.75, 3.05) is 44.3 Å². The van der Waals surface area contributed by atoms with Gasteiger partial charge in [0.25, 0.3) is 5.91 Å². The van der Waals surface area contributed by atoms with Gasteiger partial charge in [0.15, 0.2) is 5.82 Å². The van der Waals surface area contributed by atoms with Crippen molar-refractivity contribution >= 4 is 11.7 Å². The Morgan fingerprint density at radius 3 is 2.42 bits per heavy atom. The van der Waals surface area contributed by atoms with Gasteiger partial charge in [-0.05, 0) is 19.3 Å². The summed E-state index contributed by atoms with van der Waals surface area (Å²) in [6.07, 6.45) is 5.21. The number of anilines is 1. The predicted octanol–water partition coefficient (Wildman–Crippen LogP) is 2.61. The van der Waals surface area contributed by atoms with Gasteiger partial charge in [0.2, 0.25) is 0 Å². The van der Waals surface area contributed by atoms with Gasteiger partial charge >= 0.3 is 0 Å². The van der Waals surface area contributed by atoms with E-state index in [0.717, 1.165) is 37.3 Å². The number of hydrogen-bond donors (Lipinski definition) is 0. The molecule has 0 saturated carbocycles. The van der Waals surface area contributed by atoms with E-state index < -0.39 is 0 Å². The predicted molar refractivity (Wildman–Crippen MR) is 100 cm³/mol. The van der Waals surface area contributed by atoms with Crippen molar-refractivity contribution in [3.63, 3.8) is 0 Å². The largest absolute Gasteiger partial charge is 0.378 e. The van der Waals surface area contributed by atoms with E-state index in [2.05, 4.69) is 9.88 Å². The van der Waals surface area contributed by atoms with E-state index in [0.29, 0.717) is 37.7 Å². The molecule has 0 spiro atoms. The number of hydrogen-bond acceptors (Lipinski definition) is 5. The van der Waals surface area contributed by atoms with Crippen LogP contribution in [0.4, 0.5) is 5.82 Å². The number of rotatable bonds is 3. The van der Waals surface area contributed by atoms with Gasteiger partial charge in [0, 0.05) is 37.9 Å². The maximum atomic E-state index is 13.1. The van der Waals surface area contributed by atoms with Gasteiger partial charge in [-0.15, -0.1) is 0 Å². The van der Waals surface area contributed by atoms with Crippen LogP contribution in [0.1, 0.15) is 29.6 Å². The summed E-state index contributed by atoms with van der Waals surface area (Å²) >= 11 is 0. The summed E-state index contributed by atoms with van der Waals surface area (Å²) in [5.41, 5.74) is 1.57. The van der Waals surface area contributed by atoms with E-state index in [1.165, 1.54) is 6.42 Å². The number of carbonyl (C=O) groups excluding carboxylic acids is 1. The number of carbonyl (C=O) groups is 1. The summed E-state index contributed by atoms with van der Waals surface area (Å²) in [6, 6.07) is 9.93. The Morgan fingerprint density at radius 1 is 0.962 bits per heavy atom. The minimum absolute atomic E-state index is 0.00786. The average molecular weight is 352 g/mol. The van der Waals surface area contributed by atoms with Gasteiger partial charge in [-0.1, -0.05) is 30.3 Å². The number of ether oxygens (including phenoxy) is 1. The first kappa shape index (κ1) is 17.0. The number of nitrogens with zero attached hydrogens (tertiary/aromatic N) is 4. The molecule has 0 radical (unpaired) electrons. The highest BCUT2D eigenvalue weighted by Crippen LogP contribution is 2.26. The fraction of sp³-hybridized carbons (Fsp3) is 0.450. The molecule has 1 aromatic carbocycles. The van der Waals surface area contributed by atoms with Crippen LogP contribution < -0.4 is 4.90 Å². The molecule has 2 aromatic rings. The number of amides is 1. The van der Waals surface area contributed by atoms with Crippen LogP contribution in [0, 0.1) is 0 Å². The maximum Gasteiger partial charge on any atom is 0.259 e. The summed E-state index contributed by atoms with van der Waals surface area (Å²) in [4.78, 5) is 26.5. The molecule has 2 aliphatic heterocycles. The third-order valence-corrected chi connectivity index (χ3v) is 4.98. The van der Waals surface area contributed by atoms with E-state index in [1.54, 1.807) is 6.20 Å². The Morgan fingerprint density at radius 2 is 1.69 bits per heavy atom. The number of morpholine rings is 1. The minimum Gasteiger partial charge on any atom is -0.378 e. The van der Waals surface area contributed by atoms with Crippen molar-refractivity contribution in [3.8, 4) is 11.4 Å². The lowest BCUT2D eigenvalue weighted by Gasteiger charge is -2.31. The topological polar surface area (TPSA) is 58.6 Å². The minimum atomic E-state index is 0.00786. The molecule has 1 aromatic heterocycles. The highest BCUT2D eigenvalue weighted by atomic mass is 16.5. The summed E-state index contributed by atoms with van der Waals surface area (Å²) in [6.45, 7) is 4.31. The van der Waals surface area contributed by atoms with Crippen LogP contribution in [0.2, 0.25) is 0 Å². The van der Waals surface area contributed by atoms with E-state index >= 15 is 0 Å². The molecular formula is C20H24N4O2. The summed E-state index contributed by atoms with van der Waals surface area (Å²) in [5, 5.41) is 0. The second-order valence-corrected chi connectivity index (χ2v) is 6.75. The normalized spacial score (nSPS) is 18.0. The molecule has 0 atom stereocenters. The first-order chi connectivity index (χ1) is 12.8. The molecule has 2 fully saturated rings. The Kier molecular flexibility index (Phi) is 5.11. The third-order valence-electron chi connectivity index (χ3n) is 4.98. The molecule has 4 rings (SSSR count). The first-order valence-electron chi connectivity index (χ1n) is 9.37. The lowest BCUT2D eigenvalue weighted by Crippen LogP contribution is -2.42. The molecule has 6 nitrogen and oxygen atoms in total. The molecule has 0 bridgehead atoms. The SMILES string of the molecule is O=C(c1cnc(-c2ccccc2)nc1N1CCCCC1)N1CCOCC1. The van der Waals surface area contributed by atoms with Gasteiger partial charge in [-0.2, -0.15) is 0 Å². The Hall–Kier alpha value is -2.47. The molecule has 0 unspecified atom stereocenters. The fourth-order valence-corrected chi connectivity index (χ4v) is 3.53. The second kappa shape index (κ2) is 7.83. The standard InChI is InChI=1S/C20H24N4O2/c25-20(24-11-13-26-14-12-24)17-15-21-18(16-7-3-1-4-8-16)22-19(17)23-9-5-2-6-10-23/h1,3-4,7-8,15H,2,5-6,9-14H2. The van der Waals surface area contributed by atoms with Crippen LogP contribution in [-0.2, 0) is 4.74 Å². The second-order valence-electron chi connectivity index (χ2n) is 6.75. The van der Waals surface area contributed by atoms with E-state index in [4.69, 9.17) is 9.72 Å². The molecular weight excluding hydrogens is 328 g/mol. The Balaban J connectivity index is 1.71. The molecule has 26 heavy (non-hydrogen) atoms. The third kappa shape index (κ3) is 3.55. The number of benzene rings is 1. The average Bonchev–Trinajstić information content (AvgIpc) is 2.75. The van der Waals surface area contributed by atoms with E-state index in [-0.39, 0.29) is 5.91 Å². The Labute approximate surface area is 153 Å². The monoisotopic (exact) mass is 352 g/mol. The van der Waals surface area contributed by atoms with E-state index in [9.17, 15) is 4.79 Å². The molecule has 136 valence electrons. The molecule has 1 amide bonds. The number of aromatic nitrogens is 2. The van der Waals surface area contributed by atoms with Gasteiger partial charge in [0.05, 0.1) is 13.2 Å². The molecule has 0 aliphatic carbocycles. The lowest BCUT2D eigenvalue weighted by molar-refractivity contribution is 0.0302. The molecule has 0 N–H and O–H groups in total. The van der Waals surface area contributed by atoms with Crippen LogP contribution in [-0.4, -0.2) is 60.2 Å². The molecule has 2 saturated heterocycles. The number of piperidine rings is 1. The van der Waals surface area contributed by atoms with Gasteiger partial charge < -0.3 is 14.5 Å². The van der Waals surface area contributed by atoms with Crippen molar-refractivity contribution in [1.29, 1.82) is 0 Å². The van der Waals surface area contributed by atoms with Crippen molar-refractivity contribution in [2.24, 2.45) is 0 Å². The van der Waals surface area contributed by atoms with E-state index in [1.807, 2.05) is 35.2 Å². The highest BCUT2D eigenvalue weighted by molar-refractivity contribution is 5.99. The zero-order valence-electron chi connectivity index (χ0n) is 14.9. The Bertz CT molecular complexity index is 754. The van der Waals surface area contributed by atoms with Crippen LogP contribution >= 0.6 is 0 Å². The summed E-state index contributed by atoms with van der Waals surface area (Å²) < 4.78 is 5.37. The molecule has 3 heterocycles. The highest BCUT2D eigenvalue weighted by Gasteiger charge is 2.26. The van der Waals surface area contributed by atoms with Crippen molar-refractivity contribution in [3.05, 3.63) is 42.1 Å². The van der Waals surface area contributed by atoms with Crippen LogP contribution in [0.5, 0.6) is 0 Å². The van der Waals surface area contributed by atoms with Gasteiger partial charge in [0.1, 0.15) is 11.4 Å². The quantitative estimate of drug-likeness (QED) is 0.850. The molecule has 2 aliphatic rings. The maximum absolute atomic E-state index is 13.1. The van der Waals surface area contributed by atoms with Crippen molar-refractivity contribution in [1.82, 2.24) is 14.9 Å². The van der Waals surface area contributed by atoms with Crippen LogP contribution in [0.15, 0.2) is 36.5 Å². The summed E-state index contributed by atoms with van der Waals surface area (Å²) in [7, 11) is 0. The zero-order valence-corrected chi connectivity index (χ0v) is 14.9. The fourth-order valence-electron chi connectivity index (χ4n) is 3.53. The summed E-state index contributed by atoms with van der Waals surface area (Å²) in [5.74, 6) is 1.45.